The van der Waals surface area contributed by atoms with Crippen molar-refractivity contribution in [3.63, 3.8) is 0 Å². The van der Waals surface area contributed by atoms with Gasteiger partial charge in [-0.3, -0.25) is 4.79 Å². The second kappa shape index (κ2) is 8.22. The highest BCUT2D eigenvalue weighted by atomic mass is 16.5. The maximum Gasteiger partial charge on any atom is 0.251 e. The van der Waals surface area contributed by atoms with Crippen molar-refractivity contribution in [2.45, 2.75) is 20.8 Å². The maximum atomic E-state index is 12.0. The van der Waals surface area contributed by atoms with Gasteiger partial charge in [0.15, 0.2) is 0 Å². The molecule has 2 rings (SSSR count). The summed E-state index contributed by atoms with van der Waals surface area (Å²) in [5, 5.41) is 2.85. The van der Waals surface area contributed by atoms with Crippen molar-refractivity contribution in [2.75, 3.05) is 19.8 Å². The molecule has 0 unspecified atom stereocenters. The van der Waals surface area contributed by atoms with Crippen LogP contribution in [0, 0.1) is 13.8 Å². The van der Waals surface area contributed by atoms with E-state index in [1.54, 1.807) is 24.3 Å². The Morgan fingerprint density at radius 3 is 2.22 bits per heavy atom. The molecule has 2 aromatic carbocycles. The standard InChI is InChI=1S/C19H23NO3/c1-4-22-17-7-5-16(6-8-17)19(21)20-9-10-23-18-12-14(2)11-15(3)13-18/h5-8,11-13H,4,9-10H2,1-3H3,(H,20,21). The van der Waals surface area contributed by atoms with Crippen LogP contribution in [0.25, 0.3) is 0 Å². The summed E-state index contributed by atoms with van der Waals surface area (Å²) >= 11 is 0. The van der Waals surface area contributed by atoms with Gasteiger partial charge in [0.25, 0.3) is 5.91 Å². The van der Waals surface area contributed by atoms with Gasteiger partial charge in [-0.05, 0) is 68.3 Å². The smallest absolute Gasteiger partial charge is 0.251 e. The largest absolute Gasteiger partial charge is 0.494 e. The van der Waals surface area contributed by atoms with E-state index in [0.29, 0.717) is 25.3 Å². The number of hydrogen-bond donors (Lipinski definition) is 1. The van der Waals surface area contributed by atoms with Crippen molar-refractivity contribution in [1.82, 2.24) is 5.32 Å². The van der Waals surface area contributed by atoms with Crippen LogP contribution in [0.5, 0.6) is 11.5 Å². The third-order valence-corrected chi connectivity index (χ3v) is 3.28. The highest BCUT2D eigenvalue weighted by Gasteiger charge is 2.05. The Morgan fingerprint density at radius 1 is 0.957 bits per heavy atom. The quantitative estimate of drug-likeness (QED) is 0.796. The molecule has 0 atom stereocenters. The minimum absolute atomic E-state index is 0.114. The molecule has 0 aromatic heterocycles. The van der Waals surface area contributed by atoms with Crippen LogP contribution in [0.4, 0.5) is 0 Å². The Hall–Kier alpha value is -2.49. The summed E-state index contributed by atoms with van der Waals surface area (Å²) in [5.74, 6) is 1.48. The summed E-state index contributed by atoms with van der Waals surface area (Å²) in [6.07, 6.45) is 0. The number of benzene rings is 2. The van der Waals surface area contributed by atoms with Crippen LogP contribution >= 0.6 is 0 Å². The lowest BCUT2D eigenvalue weighted by Gasteiger charge is -2.10. The zero-order valence-electron chi connectivity index (χ0n) is 13.9. The van der Waals surface area contributed by atoms with Gasteiger partial charge in [-0.2, -0.15) is 0 Å². The topological polar surface area (TPSA) is 47.6 Å². The van der Waals surface area contributed by atoms with E-state index < -0.39 is 0 Å². The van der Waals surface area contributed by atoms with E-state index in [1.165, 1.54) is 11.1 Å². The molecule has 0 fully saturated rings. The first-order valence-electron chi connectivity index (χ1n) is 7.80. The molecule has 4 nitrogen and oxygen atoms in total. The molecule has 0 radical (unpaired) electrons. The van der Waals surface area contributed by atoms with Gasteiger partial charge < -0.3 is 14.8 Å². The second-order valence-corrected chi connectivity index (χ2v) is 5.39. The van der Waals surface area contributed by atoms with Crippen LogP contribution in [0.2, 0.25) is 0 Å². The van der Waals surface area contributed by atoms with E-state index in [0.717, 1.165) is 11.5 Å². The summed E-state index contributed by atoms with van der Waals surface area (Å²) in [7, 11) is 0. The zero-order valence-corrected chi connectivity index (χ0v) is 13.9. The molecule has 1 amide bonds. The first-order valence-corrected chi connectivity index (χ1v) is 7.80. The van der Waals surface area contributed by atoms with Crippen LogP contribution in [0.15, 0.2) is 42.5 Å². The average molecular weight is 313 g/mol. The predicted octanol–water partition coefficient (Wildman–Crippen LogP) is 3.51. The molecule has 0 aliphatic heterocycles. The van der Waals surface area contributed by atoms with Crippen LogP contribution in [-0.2, 0) is 0 Å². The van der Waals surface area contributed by atoms with Gasteiger partial charge in [0.05, 0.1) is 13.2 Å². The van der Waals surface area contributed by atoms with Gasteiger partial charge in [0.1, 0.15) is 18.1 Å². The monoisotopic (exact) mass is 313 g/mol. The first-order chi connectivity index (χ1) is 11.1. The minimum Gasteiger partial charge on any atom is -0.494 e. The number of hydrogen-bond acceptors (Lipinski definition) is 3. The predicted molar refractivity (Wildman–Crippen MR) is 91.4 cm³/mol. The Bertz CT molecular complexity index is 630. The molecular formula is C19H23NO3. The van der Waals surface area contributed by atoms with Crippen molar-refractivity contribution in [2.24, 2.45) is 0 Å². The average Bonchev–Trinajstić information content (AvgIpc) is 2.51. The van der Waals surface area contributed by atoms with Crippen molar-refractivity contribution >= 4 is 5.91 Å². The number of aryl methyl sites for hydroxylation is 2. The highest BCUT2D eigenvalue weighted by Crippen LogP contribution is 2.16. The molecule has 2 aromatic rings. The lowest BCUT2D eigenvalue weighted by molar-refractivity contribution is 0.0947. The third kappa shape index (κ3) is 5.33. The second-order valence-electron chi connectivity index (χ2n) is 5.39. The Balaban J connectivity index is 1.78. The van der Waals surface area contributed by atoms with Crippen LogP contribution in [0.3, 0.4) is 0 Å². The molecule has 0 saturated carbocycles. The Kier molecular flexibility index (Phi) is 6.03. The van der Waals surface area contributed by atoms with Gasteiger partial charge in [-0.1, -0.05) is 6.07 Å². The van der Waals surface area contributed by atoms with Crippen LogP contribution in [-0.4, -0.2) is 25.7 Å². The molecule has 0 bridgehead atoms. The normalized spacial score (nSPS) is 10.2. The summed E-state index contributed by atoms with van der Waals surface area (Å²) in [6.45, 7) is 7.50. The molecule has 122 valence electrons. The third-order valence-electron chi connectivity index (χ3n) is 3.28. The minimum atomic E-state index is -0.114. The molecule has 1 N–H and O–H groups in total. The fourth-order valence-electron chi connectivity index (χ4n) is 2.32. The number of rotatable bonds is 7. The van der Waals surface area contributed by atoms with Crippen molar-refractivity contribution in [3.8, 4) is 11.5 Å². The van der Waals surface area contributed by atoms with Crippen molar-refractivity contribution in [1.29, 1.82) is 0 Å². The van der Waals surface area contributed by atoms with Crippen molar-refractivity contribution in [3.05, 3.63) is 59.2 Å². The molecule has 0 spiro atoms. The van der Waals surface area contributed by atoms with E-state index in [1.807, 2.05) is 32.9 Å². The Morgan fingerprint density at radius 2 is 1.61 bits per heavy atom. The van der Waals surface area contributed by atoms with E-state index >= 15 is 0 Å². The highest BCUT2D eigenvalue weighted by molar-refractivity contribution is 5.94. The van der Waals surface area contributed by atoms with Crippen LogP contribution < -0.4 is 14.8 Å². The van der Waals surface area contributed by atoms with Gasteiger partial charge in [0, 0.05) is 5.56 Å². The van der Waals surface area contributed by atoms with Gasteiger partial charge >= 0.3 is 0 Å². The number of ether oxygens (including phenoxy) is 2. The van der Waals surface area contributed by atoms with E-state index in [4.69, 9.17) is 9.47 Å². The van der Waals surface area contributed by atoms with Crippen LogP contribution in [0.1, 0.15) is 28.4 Å². The molecule has 0 aliphatic carbocycles. The van der Waals surface area contributed by atoms with Gasteiger partial charge in [-0.25, -0.2) is 0 Å². The molecular weight excluding hydrogens is 290 g/mol. The number of amides is 1. The SMILES string of the molecule is CCOc1ccc(C(=O)NCCOc2cc(C)cc(C)c2)cc1. The maximum absolute atomic E-state index is 12.0. The molecule has 0 aliphatic rings. The zero-order chi connectivity index (χ0) is 16.7. The number of nitrogens with one attached hydrogen (secondary N) is 1. The van der Waals surface area contributed by atoms with Gasteiger partial charge in [0.2, 0.25) is 0 Å². The fourth-order valence-corrected chi connectivity index (χ4v) is 2.32. The summed E-state index contributed by atoms with van der Waals surface area (Å²) in [4.78, 5) is 12.0. The lowest BCUT2D eigenvalue weighted by atomic mass is 10.1. The molecule has 0 saturated heterocycles. The summed E-state index contributed by atoms with van der Waals surface area (Å²) < 4.78 is 11.0. The summed E-state index contributed by atoms with van der Waals surface area (Å²) in [5.41, 5.74) is 2.94. The molecule has 0 heterocycles. The summed E-state index contributed by atoms with van der Waals surface area (Å²) in [6, 6.07) is 13.2. The van der Waals surface area contributed by atoms with E-state index in [2.05, 4.69) is 11.4 Å². The number of carbonyl (C=O) groups excluding carboxylic acids is 1. The van der Waals surface area contributed by atoms with Crippen molar-refractivity contribution < 1.29 is 14.3 Å². The lowest BCUT2D eigenvalue weighted by Crippen LogP contribution is -2.28. The Labute approximate surface area is 137 Å². The first kappa shape index (κ1) is 16.9. The molecule has 23 heavy (non-hydrogen) atoms. The van der Waals surface area contributed by atoms with Gasteiger partial charge in [-0.15, -0.1) is 0 Å². The molecule has 4 heteroatoms. The fraction of sp³-hybridized carbons (Fsp3) is 0.316. The van der Waals surface area contributed by atoms with E-state index in [9.17, 15) is 4.79 Å². The number of carbonyl (C=O) groups is 1. The van der Waals surface area contributed by atoms with E-state index in [-0.39, 0.29) is 5.91 Å².